The molecule has 0 aliphatic rings. The zero-order valence-electron chi connectivity index (χ0n) is 37.5. The van der Waals surface area contributed by atoms with Gasteiger partial charge in [0.1, 0.15) is 6.10 Å². The lowest BCUT2D eigenvalue weighted by Crippen LogP contribution is -2.46. The summed E-state index contributed by atoms with van der Waals surface area (Å²) in [5.41, 5.74) is 0. The maximum Gasteiger partial charge on any atom is 0.306 e. The van der Waals surface area contributed by atoms with Gasteiger partial charge in [-0.15, -0.1) is 0 Å². The molecule has 0 aliphatic heterocycles. The Bertz CT molecular complexity index is 889. The number of amides is 1. The number of ether oxygens (including phenoxy) is 1. The Labute approximate surface area is 348 Å². The number of esters is 1. The van der Waals surface area contributed by atoms with Crippen LogP contribution in [0.15, 0.2) is 24.3 Å². The summed E-state index contributed by atoms with van der Waals surface area (Å²) in [5, 5.41) is 23.7. The average molecular weight is 790 g/mol. The van der Waals surface area contributed by atoms with Gasteiger partial charge >= 0.3 is 5.97 Å². The number of carbonyl (C=O) groups is 2. The fourth-order valence-electron chi connectivity index (χ4n) is 7.48. The fourth-order valence-corrected chi connectivity index (χ4v) is 7.48. The van der Waals surface area contributed by atoms with E-state index >= 15 is 0 Å². The molecule has 1 amide bonds. The van der Waals surface area contributed by atoms with Crippen molar-refractivity contribution < 1.29 is 24.5 Å². The van der Waals surface area contributed by atoms with Crippen molar-refractivity contribution in [3.05, 3.63) is 24.3 Å². The van der Waals surface area contributed by atoms with Crippen molar-refractivity contribution in [2.75, 3.05) is 6.61 Å². The van der Waals surface area contributed by atoms with Crippen LogP contribution < -0.4 is 5.32 Å². The van der Waals surface area contributed by atoms with Crippen LogP contribution in [0.1, 0.15) is 258 Å². The minimum Gasteiger partial charge on any atom is -0.462 e. The van der Waals surface area contributed by atoms with Gasteiger partial charge in [-0.25, -0.2) is 0 Å². The quantitative estimate of drug-likeness (QED) is 0.0324. The molecule has 0 spiro atoms. The molecule has 0 aromatic heterocycles. The third kappa shape index (κ3) is 39.2. The van der Waals surface area contributed by atoms with Crippen LogP contribution in [0.3, 0.4) is 0 Å². The molecule has 0 rings (SSSR count). The van der Waals surface area contributed by atoms with Gasteiger partial charge in [-0.2, -0.15) is 0 Å². The lowest BCUT2D eigenvalue weighted by atomic mass is 10.0. The van der Waals surface area contributed by atoms with E-state index in [-0.39, 0.29) is 24.9 Å². The first-order chi connectivity index (χ1) is 27.5. The van der Waals surface area contributed by atoms with Crippen molar-refractivity contribution in [1.82, 2.24) is 5.32 Å². The van der Waals surface area contributed by atoms with Gasteiger partial charge in [0, 0.05) is 6.42 Å². The van der Waals surface area contributed by atoms with Crippen LogP contribution in [-0.4, -0.2) is 46.9 Å². The van der Waals surface area contributed by atoms with E-state index in [4.69, 9.17) is 4.74 Å². The number of hydrogen-bond donors (Lipinski definition) is 3. The fraction of sp³-hybridized carbons (Fsp3) is 0.880. The zero-order chi connectivity index (χ0) is 41.0. The second-order valence-corrected chi connectivity index (χ2v) is 16.9. The van der Waals surface area contributed by atoms with E-state index < -0.39 is 18.2 Å². The van der Waals surface area contributed by atoms with E-state index in [0.29, 0.717) is 19.3 Å². The summed E-state index contributed by atoms with van der Waals surface area (Å²) in [4.78, 5) is 26.0. The molecular weight excluding hydrogens is 695 g/mol. The summed E-state index contributed by atoms with van der Waals surface area (Å²) < 4.78 is 5.89. The molecule has 3 unspecified atom stereocenters. The van der Waals surface area contributed by atoms with Crippen molar-refractivity contribution in [2.45, 2.75) is 277 Å². The maximum atomic E-state index is 13.1. The van der Waals surface area contributed by atoms with Crippen LogP contribution in [-0.2, 0) is 14.3 Å². The second-order valence-electron chi connectivity index (χ2n) is 16.9. The number of allylic oxidation sites excluding steroid dienone is 4. The van der Waals surface area contributed by atoms with Gasteiger partial charge in [0.25, 0.3) is 0 Å². The van der Waals surface area contributed by atoms with E-state index in [9.17, 15) is 19.8 Å². The Hall–Kier alpha value is -1.66. The zero-order valence-corrected chi connectivity index (χ0v) is 37.5. The monoisotopic (exact) mass is 790 g/mol. The van der Waals surface area contributed by atoms with Crippen LogP contribution in [0.5, 0.6) is 0 Å². The molecular formula is C50H95NO5. The highest BCUT2D eigenvalue weighted by atomic mass is 16.5. The summed E-state index contributed by atoms with van der Waals surface area (Å²) in [5.74, 6) is -0.515. The largest absolute Gasteiger partial charge is 0.462 e. The van der Waals surface area contributed by atoms with Gasteiger partial charge < -0.3 is 20.3 Å². The van der Waals surface area contributed by atoms with E-state index in [1.165, 1.54) is 148 Å². The third-order valence-electron chi connectivity index (χ3n) is 11.3. The Balaban J connectivity index is 4.59. The predicted molar refractivity (Wildman–Crippen MR) is 241 cm³/mol. The number of hydrogen-bond acceptors (Lipinski definition) is 5. The van der Waals surface area contributed by atoms with E-state index in [1.807, 2.05) is 0 Å². The lowest BCUT2D eigenvalue weighted by molar-refractivity contribution is -0.151. The lowest BCUT2D eigenvalue weighted by Gasteiger charge is -2.24. The van der Waals surface area contributed by atoms with Crippen molar-refractivity contribution in [1.29, 1.82) is 0 Å². The average Bonchev–Trinajstić information content (AvgIpc) is 3.19. The molecule has 0 bridgehead atoms. The summed E-state index contributed by atoms with van der Waals surface area (Å²) >= 11 is 0. The van der Waals surface area contributed by atoms with Crippen LogP contribution in [0.2, 0.25) is 0 Å². The van der Waals surface area contributed by atoms with Gasteiger partial charge in [0.05, 0.1) is 25.2 Å². The highest BCUT2D eigenvalue weighted by Gasteiger charge is 2.24. The normalized spacial score (nSPS) is 13.4. The summed E-state index contributed by atoms with van der Waals surface area (Å²) in [6.45, 7) is 6.46. The van der Waals surface area contributed by atoms with Crippen molar-refractivity contribution >= 4 is 11.9 Å². The molecule has 0 fully saturated rings. The predicted octanol–water partition coefficient (Wildman–Crippen LogP) is 14.3. The summed E-state index contributed by atoms with van der Waals surface area (Å²) in [6, 6.07) is -0.707. The number of rotatable bonds is 44. The highest BCUT2D eigenvalue weighted by Crippen LogP contribution is 2.17. The van der Waals surface area contributed by atoms with Crippen molar-refractivity contribution in [2.24, 2.45) is 0 Å². The first kappa shape index (κ1) is 54.3. The topological polar surface area (TPSA) is 95.9 Å². The van der Waals surface area contributed by atoms with E-state index in [1.54, 1.807) is 0 Å². The van der Waals surface area contributed by atoms with Gasteiger partial charge in [0.2, 0.25) is 5.91 Å². The minimum absolute atomic E-state index is 0.0541. The molecule has 6 nitrogen and oxygen atoms in total. The van der Waals surface area contributed by atoms with Crippen LogP contribution in [0.4, 0.5) is 0 Å². The molecule has 3 atom stereocenters. The van der Waals surface area contributed by atoms with Gasteiger partial charge in [-0.05, 0) is 70.6 Å². The van der Waals surface area contributed by atoms with Gasteiger partial charge in [-0.3, -0.25) is 9.59 Å². The molecule has 0 aromatic carbocycles. The molecule has 0 aromatic rings. The molecule has 0 saturated carbocycles. The number of aliphatic hydroxyl groups is 2. The van der Waals surface area contributed by atoms with Gasteiger partial charge in [0.15, 0.2) is 0 Å². The maximum absolute atomic E-state index is 13.1. The van der Waals surface area contributed by atoms with Crippen molar-refractivity contribution in [3.63, 3.8) is 0 Å². The molecule has 0 saturated heterocycles. The number of carbonyl (C=O) groups excluding carboxylic acids is 2. The molecule has 0 aliphatic carbocycles. The van der Waals surface area contributed by atoms with E-state index in [0.717, 1.165) is 64.2 Å². The van der Waals surface area contributed by atoms with Crippen LogP contribution in [0, 0.1) is 0 Å². The first-order valence-electron chi connectivity index (χ1n) is 24.6. The molecule has 0 radical (unpaired) electrons. The van der Waals surface area contributed by atoms with Crippen molar-refractivity contribution in [3.8, 4) is 0 Å². The van der Waals surface area contributed by atoms with E-state index in [2.05, 4.69) is 50.4 Å². The Kier molecular flexibility index (Phi) is 43.1. The Morgan fingerprint density at radius 1 is 0.500 bits per heavy atom. The Morgan fingerprint density at radius 3 is 1.30 bits per heavy atom. The summed E-state index contributed by atoms with van der Waals surface area (Å²) in [7, 11) is 0. The molecule has 0 heterocycles. The molecule has 6 heteroatoms. The molecule has 330 valence electrons. The van der Waals surface area contributed by atoms with Crippen LogP contribution in [0.25, 0.3) is 0 Å². The Morgan fingerprint density at radius 2 is 0.875 bits per heavy atom. The SMILES string of the molecule is CCCCCCCC/C=C\CCCC(CC(=O)NC(CO)C(O)CCCCCCCCCCCCCC)OC(=O)CCCCC/C=C\CCCCCCCCC. The summed E-state index contributed by atoms with van der Waals surface area (Å²) in [6.07, 6.45) is 49.5. The number of nitrogens with one attached hydrogen (secondary N) is 1. The highest BCUT2D eigenvalue weighted by molar-refractivity contribution is 5.77. The third-order valence-corrected chi connectivity index (χ3v) is 11.3. The second kappa shape index (κ2) is 44.4. The minimum atomic E-state index is -0.792. The van der Waals surface area contributed by atoms with Crippen LogP contribution >= 0.6 is 0 Å². The number of unbranched alkanes of at least 4 members (excludes halogenated alkanes) is 28. The standard InChI is InChI=1S/C50H95NO5/c1-4-7-10-13-16-19-22-24-25-28-31-34-37-40-43-50(55)56-46(41-38-35-32-29-26-21-18-15-12-9-6-3)44-49(54)51-47(45-52)48(53)42-39-36-33-30-27-23-20-17-14-11-8-5-2/h25,28-29,32,46-48,52-53H,4-24,26-27,30-31,33-45H2,1-3H3,(H,51,54)/b28-25-,32-29-. The molecule has 56 heavy (non-hydrogen) atoms. The molecule has 3 N–H and O–H groups in total. The van der Waals surface area contributed by atoms with Gasteiger partial charge in [-0.1, -0.05) is 199 Å². The smallest absolute Gasteiger partial charge is 0.306 e. The number of aliphatic hydroxyl groups excluding tert-OH is 2. The first-order valence-corrected chi connectivity index (χ1v) is 24.6.